The van der Waals surface area contributed by atoms with E-state index in [0.29, 0.717) is 22.0 Å². The number of non-ortho nitro benzene ring substituents is 1. The lowest BCUT2D eigenvalue weighted by molar-refractivity contribution is -0.880. The Morgan fingerprint density at radius 2 is 1.93 bits per heavy atom. The number of nitro benzene ring substituents is 1. The van der Waals surface area contributed by atoms with Gasteiger partial charge in [0.05, 0.1) is 49.4 Å². The number of quaternary nitrogens is 1. The third kappa shape index (κ3) is 4.37. The van der Waals surface area contributed by atoms with Crippen LogP contribution in [0.1, 0.15) is 15.9 Å². The topological polar surface area (TPSA) is 79.9 Å². The summed E-state index contributed by atoms with van der Waals surface area (Å²) < 4.78 is 0. The second-order valence-corrected chi connectivity index (χ2v) is 7.23. The fourth-order valence-electron chi connectivity index (χ4n) is 3.09. The van der Waals surface area contributed by atoms with Crippen molar-refractivity contribution in [1.29, 1.82) is 0 Å². The number of hydrogen-bond donors (Lipinski definition) is 2. The number of halogens is 1. The van der Waals surface area contributed by atoms with Crippen LogP contribution in [0.3, 0.4) is 0 Å². The molecule has 1 aliphatic heterocycles. The quantitative estimate of drug-likeness (QED) is 0.620. The highest BCUT2D eigenvalue weighted by Crippen LogP contribution is 2.27. The lowest BCUT2D eigenvalue weighted by Crippen LogP contribution is -3.12. The summed E-state index contributed by atoms with van der Waals surface area (Å²) in [4.78, 5) is 27.1. The molecule has 0 aromatic heterocycles. The van der Waals surface area contributed by atoms with Crippen LogP contribution in [0.25, 0.3) is 0 Å². The van der Waals surface area contributed by atoms with Crippen molar-refractivity contribution < 1.29 is 14.6 Å². The summed E-state index contributed by atoms with van der Waals surface area (Å²) in [6.45, 7) is 5.36. The Morgan fingerprint density at radius 1 is 1.22 bits per heavy atom. The van der Waals surface area contributed by atoms with E-state index in [9.17, 15) is 14.9 Å². The van der Waals surface area contributed by atoms with Gasteiger partial charge in [-0.2, -0.15) is 0 Å². The molecule has 0 spiro atoms. The Morgan fingerprint density at radius 3 is 2.56 bits per heavy atom. The van der Waals surface area contributed by atoms with Crippen LogP contribution in [0.2, 0.25) is 5.02 Å². The molecule has 1 fully saturated rings. The molecule has 2 aromatic rings. The predicted molar refractivity (Wildman–Crippen MR) is 106 cm³/mol. The molecule has 0 saturated carbocycles. The van der Waals surface area contributed by atoms with Crippen molar-refractivity contribution in [1.82, 2.24) is 0 Å². The summed E-state index contributed by atoms with van der Waals surface area (Å²) in [6, 6.07) is 9.69. The van der Waals surface area contributed by atoms with Gasteiger partial charge in [0.2, 0.25) is 0 Å². The van der Waals surface area contributed by atoms with Gasteiger partial charge in [0, 0.05) is 22.8 Å². The van der Waals surface area contributed by atoms with Gasteiger partial charge in [-0.1, -0.05) is 17.7 Å². The Kier molecular flexibility index (Phi) is 5.62. The molecule has 0 unspecified atom stereocenters. The van der Waals surface area contributed by atoms with Gasteiger partial charge in [-0.3, -0.25) is 14.9 Å². The SMILES string of the molecule is Cc1ccc(NC(=O)c2cc([N+](=O)[O-])ccc2N2CC[NH+](C)CC2)cc1Cl. The first-order valence-electron chi connectivity index (χ1n) is 8.77. The summed E-state index contributed by atoms with van der Waals surface area (Å²) in [7, 11) is 2.13. The van der Waals surface area contributed by atoms with Crippen LogP contribution in [0.5, 0.6) is 0 Å². The Hall–Kier alpha value is -2.64. The molecule has 2 N–H and O–H groups in total. The van der Waals surface area contributed by atoms with Crippen molar-refractivity contribution in [2.75, 3.05) is 43.4 Å². The van der Waals surface area contributed by atoms with E-state index >= 15 is 0 Å². The number of likely N-dealkylation sites (N-methyl/N-ethyl adjacent to an activating group) is 1. The number of carbonyl (C=O) groups is 1. The van der Waals surface area contributed by atoms with Crippen molar-refractivity contribution in [2.24, 2.45) is 0 Å². The fourth-order valence-corrected chi connectivity index (χ4v) is 3.27. The lowest BCUT2D eigenvalue weighted by Gasteiger charge is -2.32. The van der Waals surface area contributed by atoms with Gasteiger partial charge in [-0.05, 0) is 30.7 Å². The number of hydrogen-bond acceptors (Lipinski definition) is 4. The van der Waals surface area contributed by atoms with Crippen LogP contribution >= 0.6 is 11.6 Å². The number of anilines is 2. The first-order chi connectivity index (χ1) is 12.8. The summed E-state index contributed by atoms with van der Waals surface area (Å²) >= 11 is 6.13. The van der Waals surface area contributed by atoms with Gasteiger partial charge >= 0.3 is 0 Å². The number of piperazine rings is 1. The second kappa shape index (κ2) is 7.94. The van der Waals surface area contributed by atoms with E-state index in [1.165, 1.54) is 17.0 Å². The molecule has 0 aliphatic carbocycles. The maximum atomic E-state index is 12.9. The van der Waals surface area contributed by atoms with Gasteiger partial charge in [0.15, 0.2) is 0 Å². The molecule has 0 radical (unpaired) electrons. The summed E-state index contributed by atoms with van der Waals surface area (Å²) in [5, 5.41) is 14.5. The molecule has 1 amide bonds. The zero-order valence-corrected chi connectivity index (χ0v) is 16.0. The molecule has 3 rings (SSSR count). The maximum absolute atomic E-state index is 12.9. The molecule has 27 heavy (non-hydrogen) atoms. The number of rotatable bonds is 4. The minimum atomic E-state index is -0.489. The van der Waals surface area contributed by atoms with E-state index in [1.54, 1.807) is 18.2 Å². The molecule has 8 heteroatoms. The number of carbonyl (C=O) groups excluding carboxylic acids is 1. The molecule has 1 aliphatic rings. The van der Waals surface area contributed by atoms with E-state index in [1.807, 2.05) is 13.0 Å². The first kappa shape index (κ1) is 19.1. The zero-order chi connectivity index (χ0) is 19.6. The molecule has 2 aromatic carbocycles. The van der Waals surface area contributed by atoms with Gasteiger partial charge < -0.3 is 15.1 Å². The van der Waals surface area contributed by atoms with Gasteiger partial charge in [0.25, 0.3) is 11.6 Å². The van der Waals surface area contributed by atoms with Crippen molar-refractivity contribution >= 4 is 34.6 Å². The minimum absolute atomic E-state index is 0.106. The molecule has 1 heterocycles. The molecule has 0 atom stereocenters. The van der Waals surface area contributed by atoms with Crippen molar-refractivity contribution in [3.63, 3.8) is 0 Å². The number of amides is 1. The normalized spacial score (nSPS) is 14.9. The number of nitrogens with one attached hydrogen (secondary N) is 2. The van der Waals surface area contributed by atoms with Gasteiger partial charge in [-0.15, -0.1) is 0 Å². The monoisotopic (exact) mass is 389 g/mol. The van der Waals surface area contributed by atoms with E-state index in [0.717, 1.165) is 31.7 Å². The molecular weight excluding hydrogens is 368 g/mol. The van der Waals surface area contributed by atoms with Crippen LogP contribution < -0.4 is 15.1 Å². The van der Waals surface area contributed by atoms with Crippen molar-refractivity contribution in [3.05, 3.63) is 62.7 Å². The number of benzene rings is 2. The van der Waals surface area contributed by atoms with Crippen molar-refractivity contribution in [3.8, 4) is 0 Å². The maximum Gasteiger partial charge on any atom is 0.270 e. The highest BCUT2D eigenvalue weighted by molar-refractivity contribution is 6.31. The number of nitro groups is 1. The van der Waals surface area contributed by atoms with Gasteiger partial charge in [0.1, 0.15) is 0 Å². The lowest BCUT2D eigenvalue weighted by atomic mass is 10.1. The molecule has 0 bridgehead atoms. The van der Waals surface area contributed by atoms with Crippen LogP contribution in [-0.2, 0) is 0 Å². The van der Waals surface area contributed by atoms with Gasteiger partial charge in [-0.25, -0.2) is 0 Å². The smallest absolute Gasteiger partial charge is 0.270 e. The summed E-state index contributed by atoms with van der Waals surface area (Å²) in [6.07, 6.45) is 0. The molecule has 1 saturated heterocycles. The van der Waals surface area contributed by atoms with E-state index < -0.39 is 4.92 Å². The average molecular weight is 390 g/mol. The largest absolute Gasteiger partial charge is 0.360 e. The van der Waals surface area contributed by atoms with E-state index in [2.05, 4.69) is 17.3 Å². The summed E-state index contributed by atoms with van der Waals surface area (Å²) in [5.74, 6) is -0.389. The average Bonchev–Trinajstić information content (AvgIpc) is 2.65. The highest BCUT2D eigenvalue weighted by Gasteiger charge is 2.24. The second-order valence-electron chi connectivity index (χ2n) is 6.82. The Bertz CT molecular complexity index is 879. The molecular formula is C19H22ClN4O3+. The van der Waals surface area contributed by atoms with E-state index in [4.69, 9.17) is 11.6 Å². The van der Waals surface area contributed by atoms with Crippen LogP contribution in [0, 0.1) is 17.0 Å². The van der Waals surface area contributed by atoms with E-state index in [-0.39, 0.29) is 11.6 Å². The fraction of sp³-hybridized carbons (Fsp3) is 0.316. The molecule has 142 valence electrons. The predicted octanol–water partition coefficient (Wildman–Crippen LogP) is 2.14. The van der Waals surface area contributed by atoms with Crippen LogP contribution in [0.4, 0.5) is 17.1 Å². The Balaban J connectivity index is 1.92. The number of aryl methyl sites for hydroxylation is 1. The Labute approximate surface area is 162 Å². The standard InChI is InChI=1S/C19H21ClN4O3/c1-13-3-4-14(11-17(13)20)21-19(25)16-12-15(24(26)27)5-6-18(16)23-9-7-22(2)8-10-23/h3-6,11-12H,7-10H2,1-2H3,(H,21,25)/p+1. The highest BCUT2D eigenvalue weighted by atomic mass is 35.5. The van der Waals surface area contributed by atoms with Crippen LogP contribution in [-0.4, -0.2) is 44.1 Å². The third-order valence-corrected chi connectivity index (χ3v) is 5.23. The van der Waals surface area contributed by atoms with Crippen molar-refractivity contribution in [2.45, 2.75) is 6.92 Å². The minimum Gasteiger partial charge on any atom is -0.360 e. The number of nitrogens with zero attached hydrogens (tertiary/aromatic N) is 2. The summed E-state index contributed by atoms with van der Waals surface area (Å²) in [5.41, 5.74) is 2.36. The zero-order valence-electron chi connectivity index (χ0n) is 15.3. The first-order valence-corrected chi connectivity index (χ1v) is 9.15. The molecule has 7 nitrogen and oxygen atoms in total. The third-order valence-electron chi connectivity index (χ3n) is 4.82. The van der Waals surface area contributed by atoms with Crippen LogP contribution in [0.15, 0.2) is 36.4 Å².